The van der Waals surface area contributed by atoms with Crippen molar-refractivity contribution in [2.24, 2.45) is 0 Å². The van der Waals surface area contributed by atoms with Gasteiger partial charge in [0.15, 0.2) is 0 Å². The van der Waals surface area contributed by atoms with Gasteiger partial charge in [-0.2, -0.15) is 0 Å². The molecular weight excluding hydrogens is 1030 g/mol. The molecule has 0 saturated heterocycles. The van der Waals surface area contributed by atoms with Crippen LogP contribution in [0.3, 0.4) is 0 Å². The Balaban J connectivity index is 1.09. The van der Waals surface area contributed by atoms with Gasteiger partial charge in [0.1, 0.15) is 0 Å². The van der Waals surface area contributed by atoms with Gasteiger partial charge in [-0.3, -0.25) is 0 Å². The lowest BCUT2D eigenvalue weighted by Crippen LogP contribution is -2.66. The number of benzene rings is 9. The molecule has 0 bridgehead atoms. The molecule has 4 heterocycles. The lowest BCUT2D eigenvalue weighted by atomic mass is 9.26. The Morgan fingerprint density at radius 2 is 0.628 bits per heavy atom. The molecule has 86 heavy (non-hydrogen) atoms. The Morgan fingerprint density at radius 1 is 0.279 bits per heavy atom. The van der Waals surface area contributed by atoms with Gasteiger partial charge < -0.3 is 9.80 Å². The van der Waals surface area contributed by atoms with Gasteiger partial charge >= 0.3 is 0 Å². The average Bonchev–Trinajstić information content (AvgIpc) is 0.667. The summed E-state index contributed by atoms with van der Waals surface area (Å²) < 4.78 is 0. The molecule has 8 aliphatic rings. The van der Waals surface area contributed by atoms with E-state index in [1.165, 1.54) is 194 Å². The highest BCUT2D eigenvalue weighted by Gasteiger charge is 2.53. The summed E-state index contributed by atoms with van der Waals surface area (Å²) in [6, 6.07) is 55.6. The van der Waals surface area contributed by atoms with Gasteiger partial charge in [-0.1, -0.05) is 213 Å². The molecule has 9 aromatic rings. The highest BCUT2D eigenvalue weighted by molar-refractivity contribution is 7.05. The molecule has 0 fully saturated rings. The second kappa shape index (κ2) is 16.7. The molecule has 0 N–H and O–H groups in total. The van der Waals surface area contributed by atoms with Gasteiger partial charge in [0, 0.05) is 34.1 Å². The lowest BCUT2D eigenvalue weighted by molar-refractivity contribution is 0.332. The van der Waals surface area contributed by atoms with E-state index in [1.54, 1.807) is 0 Å². The van der Waals surface area contributed by atoms with Crippen LogP contribution in [0.1, 0.15) is 207 Å². The van der Waals surface area contributed by atoms with E-state index in [-0.39, 0.29) is 56.7 Å². The average molecular weight is 1120 g/mol. The summed E-state index contributed by atoms with van der Waals surface area (Å²) in [6.45, 7) is 40.3. The molecule has 4 aliphatic carbocycles. The molecule has 0 radical (unpaired) electrons. The lowest BCUT2D eigenvalue weighted by Gasteiger charge is -2.50. The predicted molar refractivity (Wildman–Crippen MR) is 372 cm³/mol. The molecular formula is C82H86B2N2. The molecule has 4 aliphatic heterocycles. The maximum absolute atomic E-state index is 2.83. The third-order valence-electron chi connectivity index (χ3n) is 24.9. The standard InChI is InChI=1S/C82H86B2N2/c1-75(2)32-34-77(5,6)54-40-48(28-30-52(54)75)85-64-44-58-56(79(9,10)36-38-81(58,13)14)42-62(64)83-60-26-20-24-50-68(47-22-18-17-19-23-47)51-25-21-27-61-70(51)71(69(50)60)72-73(83)66(85)46-67-74(72)84(61)63-43-57-59(82(15,16)39-37-80(57,11)12)45-65(63)86(67)49-29-31-53-55(41-49)78(7,8)35-33-76(53,3)4/h17-31,40-46H,32-39H2,1-16H3. The molecule has 17 rings (SSSR count). The van der Waals surface area contributed by atoms with Crippen LogP contribution in [0.25, 0.3) is 43.8 Å². The molecule has 0 atom stereocenters. The van der Waals surface area contributed by atoms with Gasteiger partial charge in [-0.15, -0.1) is 0 Å². The molecule has 4 heteroatoms. The highest BCUT2D eigenvalue weighted by Crippen LogP contribution is 2.58. The second-order valence-electron chi connectivity index (χ2n) is 33.8. The predicted octanol–water partition coefficient (Wildman–Crippen LogP) is 17.9. The normalized spacial score (nSPS) is 21.3. The van der Waals surface area contributed by atoms with Crippen LogP contribution in [-0.4, -0.2) is 13.4 Å². The zero-order chi connectivity index (χ0) is 59.7. The van der Waals surface area contributed by atoms with Crippen LogP contribution >= 0.6 is 0 Å². The van der Waals surface area contributed by atoms with Gasteiger partial charge in [-0.05, 0) is 247 Å². The van der Waals surface area contributed by atoms with Crippen LogP contribution in [0.5, 0.6) is 0 Å². The van der Waals surface area contributed by atoms with Crippen molar-refractivity contribution in [3.63, 3.8) is 0 Å². The van der Waals surface area contributed by atoms with Gasteiger partial charge in [0.25, 0.3) is 0 Å². The summed E-state index contributed by atoms with van der Waals surface area (Å²) in [6.07, 6.45) is 9.39. The number of hydrogen-bond donors (Lipinski definition) is 0. The van der Waals surface area contributed by atoms with Gasteiger partial charge in [0.2, 0.25) is 13.4 Å². The van der Waals surface area contributed by atoms with E-state index in [0.29, 0.717) is 0 Å². The van der Waals surface area contributed by atoms with Crippen molar-refractivity contribution >= 4 is 102 Å². The van der Waals surface area contributed by atoms with Crippen LogP contribution < -0.4 is 42.6 Å². The van der Waals surface area contributed by atoms with E-state index in [1.807, 2.05) is 0 Å². The molecule has 0 amide bonds. The Bertz CT molecular complexity index is 4300. The van der Waals surface area contributed by atoms with Crippen molar-refractivity contribution in [1.82, 2.24) is 0 Å². The van der Waals surface area contributed by atoms with Crippen LogP contribution in [-0.2, 0) is 43.3 Å². The number of hydrogen-bond acceptors (Lipinski definition) is 2. The number of rotatable bonds is 3. The van der Waals surface area contributed by atoms with Crippen molar-refractivity contribution in [1.29, 1.82) is 0 Å². The Hall–Kier alpha value is -6.77. The van der Waals surface area contributed by atoms with E-state index in [0.717, 1.165) is 12.8 Å². The Morgan fingerprint density at radius 3 is 1.01 bits per heavy atom. The minimum atomic E-state index is 0.00348. The van der Waals surface area contributed by atoms with E-state index in [2.05, 4.69) is 254 Å². The van der Waals surface area contributed by atoms with Crippen LogP contribution in [0.4, 0.5) is 34.1 Å². The number of anilines is 6. The first-order chi connectivity index (χ1) is 40.6. The number of nitrogens with zero attached hydrogens (tertiary/aromatic N) is 2. The first-order valence-corrected chi connectivity index (χ1v) is 33.2. The maximum atomic E-state index is 2.83. The largest absolute Gasteiger partial charge is 0.311 e. The Kier molecular flexibility index (Phi) is 10.4. The summed E-state index contributed by atoms with van der Waals surface area (Å²) in [5.74, 6) is 0. The van der Waals surface area contributed by atoms with Crippen molar-refractivity contribution in [2.75, 3.05) is 9.80 Å². The number of fused-ring (bicyclic) bond motifs is 10. The zero-order valence-electron chi connectivity index (χ0n) is 54.4. The molecule has 2 nitrogen and oxygen atoms in total. The first-order valence-electron chi connectivity index (χ1n) is 33.2. The third-order valence-corrected chi connectivity index (χ3v) is 24.9. The van der Waals surface area contributed by atoms with Crippen LogP contribution in [0, 0.1) is 0 Å². The summed E-state index contributed by atoms with van der Waals surface area (Å²) in [4.78, 5) is 5.66. The molecule has 0 saturated carbocycles. The molecule has 0 unspecified atom stereocenters. The summed E-state index contributed by atoms with van der Waals surface area (Å²) >= 11 is 0. The van der Waals surface area contributed by atoms with Crippen molar-refractivity contribution in [3.05, 3.63) is 178 Å². The SMILES string of the molecule is CC1(C)CCC(C)(C)c2cc(N3c4cc5c(cc4B4c6c3cc3c7c6-c6c8c4cccc8c(-c4ccccc4)c4cccc(c64)B7c4cc6c(cc4N3c3ccc4c(c3)C(C)(C)CCC4(C)C)C(C)(C)CCC6(C)C)C(C)(C)CCC5(C)C)ccc21. The maximum Gasteiger partial charge on any atom is 0.248 e. The fraction of sp³-hybridized carbons (Fsp3) is 0.390. The van der Waals surface area contributed by atoms with Crippen molar-refractivity contribution in [3.8, 4) is 22.3 Å². The fourth-order valence-corrected chi connectivity index (χ4v) is 19.2. The summed E-state index contributed by atoms with van der Waals surface area (Å²) in [5, 5.41) is 5.62. The third kappa shape index (κ3) is 6.89. The highest BCUT2D eigenvalue weighted by atomic mass is 15.2. The van der Waals surface area contributed by atoms with E-state index in [9.17, 15) is 0 Å². The topological polar surface area (TPSA) is 6.48 Å². The second-order valence-corrected chi connectivity index (χ2v) is 33.8. The monoisotopic (exact) mass is 1120 g/mol. The minimum absolute atomic E-state index is 0.00348. The smallest absolute Gasteiger partial charge is 0.248 e. The quantitative estimate of drug-likeness (QED) is 0.128. The van der Waals surface area contributed by atoms with Gasteiger partial charge in [0.05, 0.1) is 0 Å². The van der Waals surface area contributed by atoms with Crippen molar-refractivity contribution < 1.29 is 0 Å². The minimum Gasteiger partial charge on any atom is -0.311 e. The summed E-state index contributed by atoms with van der Waals surface area (Å²) in [5.41, 5.74) is 34.8. The van der Waals surface area contributed by atoms with Gasteiger partial charge in [-0.25, -0.2) is 0 Å². The van der Waals surface area contributed by atoms with Crippen molar-refractivity contribution in [2.45, 2.75) is 205 Å². The Labute approximate surface area is 514 Å². The van der Waals surface area contributed by atoms with Crippen LogP contribution in [0.15, 0.2) is 133 Å². The molecule has 0 spiro atoms. The summed E-state index contributed by atoms with van der Waals surface area (Å²) in [7, 11) is 0. The van der Waals surface area contributed by atoms with E-state index < -0.39 is 0 Å². The first kappa shape index (κ1) is 53.5. The van der Waals surface area contributed by atoms with Crippen LogP contribution in [0.2, 0.25) is 0 Å². The van der Waals surface area contributed by atoms with E-state index in [4.69, 9.17) is 0 Å². The van der Waals surface area contributed by atoms with E-state index >= 15 is 0 Å². The molecule has 0 aromatic heterocycles. The fourth-order valence-electron chi connectivity index (χ4n) is 19.2. The zero-order valence-corrected chi connectivity index (χ0v) is 54.4. The molecule has 9 aromatic carbocycles. The molecule has 430 valence electrons.